The van der Waals surface area contributed by atoms with Gasteiger partial charge in [0.05, 0.1) is 0 Å². The SMILES string of the molecule is COP(=O)(OC)[C@@H](N[C@@H](C)c1ccccc1)c1ccc(Cl)cc1. The van der Waals surface area contributed by atoms with Crippen LogP contribution in [0.3, 0.4) is 0 Å². The Morgan fingerprint density at radius 1 is 0.957 bits per heavy atom. The maximum Gasteiger partial charge on any atom is 0.351 e. The first-order valence-corrected chi connectivity index (χ1v) is 9.27. The third-order valence-corrected chi connectivity index (χ3v) is 6.07. The Bertz CT molecular complexity index is 655. The largest absolute Gasteiger partial charge is 0.351 e. The molecule has 0 unspecified atom stereocenters. The van der Waals surface area contributed by atoms with Crippen molar-refractivity contribution in [3.63, 3.8) is 0 Å². The molecule has 6 heteroatoms. The smallest absolute Gasteiger partial charge is 0.311 e. The summed E-state index contributed by atoms with van der Waals surface area (Å²) in [6, 6.07) is 17.1. The van der Waals surface area contributed by atoms with Crippen LogP contribution in [0.5, 0.6) is 0 Å². The molecular weight excluding hydrogens is 333 g/mol. The zero-order valence-corrected chi connectivity index (χ0v) is 15.1. The van der Waals surface area contributed by atoms with E-state index in [0.29, 0.717) is 5.02 Å². The van der Waals surface area contributed by atoms with Crippen LogP contribution in [0.1, 0.15) is 29.9 Å². The monoisotopic (exact) mass is 353 g/mol. The van der Waals surface area contributed by atoms with Crippen LogP contribution in [-0.2, 0) is 13.6 Å². The minimum Gasteiger partial charge on any atom is -0.311 e. The molecular formula is C17H21ClNO3P. The van der Waals surface area contributed by atoms with Gasteiger partial charge >= 0.3 is 7.60 Å². The minimum atomic E-state index is -3.36. The standard InChI is InChI=1S/C17H21ClNO3P/c1-13(14-7-5-4-6-8-14)19-17(23(20,21-2)22-3)15-9-11-16(18)12-10-15/h4-13,17,19H,1-3H3/t13-,17+/m0/s1. The predicted molar refractivity (Wildman–Crippen MR) is 93.8 cm³/mol. The Hall–Kier alpha value is -1.16. The van der Waals surface area contributed by atoms with Crippen LogP contribution in [0.2, 0.25) is 5.02 Å². The van der Waals surface area contributed by atoms with Gasteiger partial charge in [0.25, 0.3) is 0 Å². The van der Waals surface area contributed by atoms with E-state index in [2.05, 4.69) is 5.32 Å². The summed E-state index contributed by atoms with van der Waals surface area (Å²) in [6.45, 7) is 2.01. The first kappa shape index (κ1) is 18.2. The third-order valence-electron chi connectivity index (χ3n) is 3.72. The van der Waals surface area contributed by atoms with Gasteiger partial charge in [0, 0.05) is 25.3 Å². The molecule has 0 heterocycles. The van der Waals surface area contributed by atoms with E-state index >= 15 is 0 Å². The molecule has 23 heavy (non-hydrogen) atoms. The number of halogens is 1. The average Bonchev–Trinajstić information content (AvgIpc) is 2.60. The number of nitrogens with one attached hydrogen (secondary N) is 1. The highest BCUT2D eigenvalue weighted by Crippen LogP contribution is 2.59. The molecule has 0 aliphatic rings. The lowest BCUT2D eigenvalue weighted by molar-refractivity contribution is 0.256. The van der Waals surface area contributed by atoms with Crippen molar-refractivity contribution in [2.45, 2.75) is 18.7 Å². The van der Waals surface area contributed by atoms with Gasteiger partial charge in [-0.1, -0.05) is 54.1 Å². The molecule has 0 amide bonds. The van der Waals surface area contributed by atoms with E-state index in [1.54, 1.807) is 12.1 Å². The highest BCUT2D eigenvalue weighted by molar-refractivity contribution is 7.54. The fourth-order valence-electron chi connectivity index (χ4n) is 2.38. The van der Waals surface area contributed by atoms with Gasteiger partial charge in [-0.3, -0.25) is 9.88 Å². The minimum absolute atomic E-state index is 0.0319. The summed E-state index contributed by atoms with van der Waals surface area (Å²) in [5.74, 6) is -0.593. The average molecular weight is 354 g/mol. The van der Waals surface area contributed by atoms with E-state index in [1.807, 2.05) is 49.4 Å². The lowest BCUT2D eigenvalue weighted by atomic mass is 10.1. The van der Waals surface area contributed by atoms with Crippen LogP contribution in [0.25, 0.3) is 0 Å². The lowest BCUT2D eigenvalue weighted by Crippen LogP contribution is -2.25. The van der Waals surface area contributed by atoms with Gasteiger partial charge in [-0.05, 0) is 30.2 Å². The number of hydrogen-bond donors (Lipinski definition) is 1. The van der Waals surface area contributed by atoms with Gasteiger partial charge in [0.1, 0.15) is 5.78 Å². The van der Waals surface area contributed by atoms with Gasteiger partial charge in [-0.25, -0.2) is 0 Å². The van der Waals surface area contributed by atoms with Crippen molar-refractivity contribution in [3.8, 4) is 0 Å². The Labute approximate surface area is 142 Å². The molecule has 4 nitrogen and oxygen atoms in total. The molecule has 0 saturated carbocycles. The predicted octanol–water partition coefficient (Wildman–Crippen LogP) is 5.18. The summed E-state index contributed by atoms with van der Waals surface area (Å²) in [5, 5.41) is 3.97. The molecule has 0 aliphatic carbocycles. The first-order valence-electron chi connectivity index (χ1n) is 7.28. The molecule has 0 aromatic heterocycles. The van der Waals surface area contributed by atoms with Crippen molar-refractivity contribution in [3.05, 3.63) is 70.7 Å². The normalized spacial score (nSPS) is 14.4. The molecule has 0 bridgehead atoms. The molecule has 2 atom stereocenters. The second-order valence-corrected chi connectivity index (χ2v) is 7.92. The first-order chi connectivity index (χ1) is 11.0. The molecule has 0 radical (unpaired) electrons. The van der Waals surface area contributed by atoms with Crippen molar-refractivity contribution < 1.29 is 13.6 Å². The summed E-state index contributed by atoms with van der Waals surface area (Å²) in [5.41, 5.74) is 1.88. The van der Waals surface area contributed by atoms with Crippen molar-refractivity contribution in [1.29, 1.82) is 0 Å². The molecule has 0 spiro atoms. The summed E-state index contributed by atoms with van der Waals surface area (Å²) in [7, 11) is -0.575. The highest BCUT2D eigenvalue weighted by atomic mass is 35.5. The maximum absolute atomic E-state index is 13.0. The van der Waals surface area contributed by atoms with E-state index < -0.39 is 13.4 Å². The molecule has 2 rings (SSSR count). The molecule has 2 aromatic carbocycles. The summed E-state index contributed by atoms with van der Waals surface area (Å²) < 4.78 is 23.4. The van der Waals surface area contributed by atoms with E-state index in [-0.39, 0.29) is 6.04 Å². The highest BCUT2D eigenvalue weighted by Gasteiger charge is 2.36. The van der Waals surface area contributed by atoms with Crippen molar-refractivity contribution >= 4 is 19.2 Å². The summed E-state index contributed by atoms with van der Waals surface area (Å²) >= 11 is 5.95. The fraction of sp³-hybridized carbons (Fsp3) is 0.294. The lowest BCUT2D eigenvalue weighted by Gasteiger charge is -2.28. The third kappa shape index (κ3) is 4.43. The second-order valence-electron chi connectivity index (χ2n) is 5.16. The van der Waals surface area contributed by atoms with Crippen LogP contribution >= 0.6 is 19.2 Å². The van der Waals surface area contributed by atoms with E-state index in [9.17, 15) is 4.57 Å². The number of hydrogen-bond acceptors (Lipinski definition) is 4. The Morgan fingerprint density at radius 3 is 2.04 bits per heavy atom. The van der Waals surface area contributed by atoms with Crippen LogP contribution in [0.15, 0.2) is 54.6 Å². The molecule has 2 aromatic rings. The Kier molecular flexibility index (Phi) is 6.40. The molecule has 124 valence electrons. The summed E-state index contributed by atoms with van der Waals surface area (Å²) in [4.78, 5) is 0. The van der Waals surface area contributed by atoms with Crippen molar-refractivity contribution in [1.82, 2.24) is 5.32 Å². The number of rotatable bonds is 7. The molecule has 1 N–H and O–H groups in total. The second kappa shape index (κ2) is 8.09. The van der Waals surface area contributed by atoms with E-state index in [4.69, 9.17) is 20.6 Å². The van der Waals surface area contributed by atoms with Gasteiger partial charge in [0.15, 0.2) is 0 Å². The van der Waals surface area contributed by atoms with Crippen LogP contribution in [0.4, 0.5) is 0 Å². The maximum atomic E-state index is 13.0. The van der Waals surface area contributed by atoms with Crippen LogP contribution < -0.4 is 5.32 Å². The topological polar surface area (TPSA) is 47.6 Å². The van der Waals surface area contributed by atoms with Crippen molar-refractivity contribution in [2.75, 3.05) is 14.2 Å². The quantitative estimate of drug-likeness (QED) is 0.697. The van der Waals surface area contributed by atoms with Crippen molar-refractivity contribution in [2.24, 2.45) is 0 Å². The Balaban J connectivity index is 2.34. The van der Waals surface area contributed by atoms with E-state index in [0.717, 1.165) is 11.1 Å². The van der Waals surface area contributed by atoms with Gasteiger partial charge in [-0.2, -0.15) is 0 Å². The van der Waals surface area contributed by atoms with Crippen LogP contribution in [-0.4, -0.2) is 14.2 Å². The zero-order chi connectivity index (χ0) is 16.9. The van der Waals surface area contributed by atoms with E-state index in [1.165, 1.54) is 14.2 Å². The van der Waals surface area contributed by atoms with Gasteiger partial charge in [-0.15, -0.1) is 0 Å². The van der Waals surface area contributed by atoms with Gasteiger partial charge in [0.2, 0.25) is 0 Å². The molecule has 0 saturated heterocycles. The Morgan fingerprint density at radius 2 is 1.52 bits per heavy atom. The summed E-state index contributed by atoms with van der Waals surface area (Å²) in [6.07, 6.45) is 0. The number of benzene rings is 2. The van der Waals surface area contributed by atoms with Gasteiger partial charge < -0.3 is 9.05 Å². The zero-order valence-electron chi connectivity index (χ0n) is 13.4. The fourth-order valence-corrected chi connectivity index (χ4v) is 4.02. The molecule has 0 fully saturated rings. The molecule has 0 aliphatic heterocycles. The van der Waals surface area contributed by atoms with Crippen LogP contribution in [0, 0.1) is 0 Å².